The third-order valence-corrected chi connectivity index (χ3v) is 6.11. The second kappa shape index (κ2) is 9.73. The van der Waals surface area contributed by atoms with E-state index in [-0.39, 0.29) is 16.9 Å². The van der Waals surface area contributed by atoms with Crippen LogP contribution in [0.4, 0.5) is 0 Å². The Hall–Kier alpha value is -2.87. The van der Waals surface area contributed by atoms with Gasteiger partial charge in [-0.25, -0.2) is 0 Å². The summed E-state index contributed by atoms with van der Waals surface area (Å²) in [4.78, 5) is 29.8. The van der Waals surface area contributed by atoms with Gasteiger partial charge in [0.1, 0.15) is 11.5 Å². The molecule has 0 bridgehead atoms. The van der Waals surface area contributed by atoms with Crippen molar-refractivity contribution in [1.82, 2.24) is 9.80 Å². The van der Waals surface area contributed by atoms with E-state index in [1.165, 1.54) is 17.0 Å². The fourth-order valence-corrected chi connectivity index (χ4v) is 4.34. The molecule has 32 heavy (non-hydrogen) atoms. The zero-order valence-corrected chi connectivity index (χ0v) is 18.3. The molecule has 0 spiro atoms. The lowest BCUT2D eigenvalue weighted by atomic mass is 9.95. The lowest BCUT2D eigenvalue weighted by molar-refractivity contribution is -0.140. The number of aliphatic hydroxyl groups is 1. The number of hydrogen-bond donors (Lipinski definition) is 2. The first-order valence-electron chi connectivity index (χ1n) is 10.6. The molecule has 168 valence electrons. The number of Topliss-reactive ketones (excluding diaryl/α,β-unsaturated/α-hetero) is 1. The van der Waals surface area contributed by atoms with Crippen molar-refractivity contribution in [2.75, 3.05) is 39.4 Å². The number of hydrogen-bond acceptors (Lipinski definition) is 6. The van der Waals surface area contributed by atoms with Gasteiger partial charge in [-0.3, -0.25) is 14.5 Å². The van der Waals surface area contributed by atoms with Crippen LogP contribution in [-0.4, -0.2) is 71.1 Å². The summed E-state index contributed by atoms with van der Waals surface area (Å²) in [5, 5.41) is 21.7. The van der Waals surface area contributed by atoms with E-state index in [0.29, 0.717) is 36.8 Å². The van der Waals surface area contributed by atoms with Crippen LogP contribution in [0.25, 0.3) is 5.76 Å². The Morgan fingerprint density at radius 1 is 1.03 bits per heavy atom. The fourth-order valence-electron chi connectivity index (χ4n) is 4.21. The molecule has 2 aliphatic heterocycles. The third-order valence-electron chi connectivity index (χ3n) is 5.86. The SMILES string of the molecule is O=C1C(=O)N(CCCN2CCOCC2)C(c2ccc(Cl)cc2)C1=C(O)c1ccccc1O. The largest absolute Gasteiger partial charge is 0.507 e. The number of carbonyl (C=O) groups is 2. The fraction of sp³-hybridized carbons (Fsp3) is 0.333. The van der Waals surface area contributed by atoms with Crippen LogP contribution in [0.15, 0.2) is 54.1 Å². The number of amides is 1. The molecule has 2 aromatic carbocycles. The number of ether oxygens (including phenoxy) is 1. The molecule has 2 fully saturated rings. The number of aliphatic hydroxyl groups excluding tert-OH is 1. The Labute approximate surface area is 191 Å². The summed E-state index contributed by atoms with van der Waals surface area (Å²) in [5.41, 5.74) is 0.736. The number of morpholine rings is 1. The molecule has 2 aliphatic rings. The van der Waals surface area contributed by atoms with Gasteiger partial charge in [-0.1, -0.05) is 35.9 Å². The molecule has 1 amide bonds. The monoisotopic (exact) mass is 456 g/mol. The third kappa shape index (κ3) is 4.50. The maximum absolute atomic E-state index is 13.0. The van der Waals surface area contributed by atoms with Crippen molar-refractivity contribution in [1.29, 1.82) is 0 Å². The Kier molecular flexibility index (Phi) is 6.79. The molecule has 2 saturated heterocycles. The summed E-state index contributed by atoms with van der Waals surface area (Å²) in [6.45, 7) is 4.19. The van der Waals surface area contributed by atoms with Crippen molar-refractivity contribution in [2.24, 2.45) is 0 Å². The standard InChI is InChI=1S/C24H25ClN2O5/c25-17-8-6-16(7-9-17)21-20(22(29)18-4-1-2-5-19(18)28)23(30)24(31)27(21)11-3-10-26-12-14-32-15-13-26/h1-2,4-9,21,28-29H,3,10-15H2. The number of halogens is 1. The van der Waals surface area contributed by atoms with Crippen LogP contribution in [-0.2, 0) is 14.3 Å². The van der Waals surface area contributed by atoms with Gasteiger partial charge in [-0.05, 0) is 36.2 Å². The van der Waals surface area contributed by atoms with Crippen LogP contribution in [0.2, 0.25) is 5.02 Å². The number of nitrogens with zero attached hydrogens (tertiary/aromatic N) is 2. The molecule has 2 heterocycles. The van der Waals surface area contributed by atoms with Gasteiger partial charge in [-0.15, -0.1) is 0 Å². The summed E-state index contributed by atoms with van der Waals surface area (Å²) < 4.78 is 5.37. The Morgan fingerprint density at radius 3 is 2.41 bits per heavy atom. The Bertz CT molecular complexity index is 1030. The van der Waals surface area contributed by atoms with Crippen LogP contribution < -0.4 is 0 Å². The molecule has 1 atom stereocenters. The molecule has 0 aromatic heterocycles. The number of rotatable bonds is 6. The van der Waals surface area contributed by atoms with E-state index in [4.69, 9.17) is 16.3 Å². The zero-order valence-electron chi connectivity index (χ0n) is 17.5. The summed E-state index contributed by atoms with van der Waals surface area (Å²) in [5.74, 6) is -1.99. The van der Waals surface area contributed by atoms with Gasteiger partial charge < -0.3 is 19.8 Å². The number of para-hydroxylation sites is 1. The van der Waals surface area contributed by atoms with Crippen LogP contribution in [0, 0.1) is 0 Å². The smallest absolute Gasteiger partial charge is 0.295 e. The Balaban J connectivity index is 1.68. The number of aromatic hydroxyl groups is 1. The molecule has 0 radical (unpaired) electrons. The zero-order chi connectivity index (χ0) is 22.7. The van der Waals surface area contributed by atoms with Gasteiger partial charge in [0.05, 0.1) is 30.4 Å². The van der Waals surface area contributed by atoms with Crippen molar-refractivity contribution < 1.29 is 24.5 Å². The summed E-state index contributed by atoms with van der Waals surface area (Å²) in [6, 6.07) is 12.3. The summed E-state index contributed by atoms with van der Waals surface area (Å²) >= 11 is 6.04. The van der Waals surface area contributed by atoms with Gasteiger partial charge >= 0.3 is 0 Å². The topological polar surface area (TPSA) is 90.3 Å². The first kappa shape index (κ1) is 22.3. The summed E-state index contributed by atoms with van der Waals surface area (Å²) in [7, 11) is 0. The van der Waals surface area contributed by atoms with E-state index in [1.807, 2.05) is 0 Å². The highest BCUT2D eigenvalue weighted by Gasteiger charge is 2.46. The van der Waals surface area contributed by atoms with Crippen LogP contribution >= 0.6 is 11.6 Å². The molecule has 7 nitrogen and oxygen atoms in total. The van der Waals surface area contributed by atoms with Crippen LogP contribution in [0.3, 0.4) is 0 Å². The van der Waals surface area contributed by atoms with Gasteiger partial charge in [0.2, 0.25) is 0 Å². The second-order valence-corrected chi connectivity index (χ2v) is 8.31. The number of carbonyl (C=O) groups excluding carboxylic acids is 2. The van der Waals surface area contributed by atoms with Crippen molar-refractivity contribution in [3.05, 3.63) is 70.3 Å². The molecule has 1 unspecified atom stereocenters. The predicted octanol–water partition coefficient (Wildman–Crippen LogP) is 3.19. The minimum atomic E-state index is -0.767. The van der Waals surface area contributed by atoms with Gasteiger partial charge in [0, 0.05) is 31.2 Å². The highest BCUT2D eigenvalue weighted by molar-refractivity contribution is 6.46. The van der Waals surface area contributed by atoms with Crippen molar-refractivity contribution in [3.8, 4) is 5.75 Å². The molecular formula is C24H25ClN2O5. The number of phenolic OH excluding ortho intramolecular Hbond substituents is 1. The van der Waals surface area contributed by atoms with Gasteiger partial charge in [0.15, 0.2) is 0 Å². The molecule has 2 aromatic rings. The van der Waals surface area contributed by atoms with E-state index < -0.39 is 23.5 Å². The number of benzene rings is 2. The predicted molar refractivity (Wildman–Crippen MR) is 120 cm³/mol. The average Bonchev–Trinajstić information content (AvgIpc) is 3.05. The van der Waals surface area contributed by atoms with Crippen LogP contribution in [0.5, 0.6) is 5.75 Å². The lowest BCUT2D eigenvalue weighted by Gasteiger charge is -2.29. The minimum absolute atomic E-state index is 0.0369. The minimum Gasteiger partial charge on any atom is -0.507 e. The highest BCUT2D eigenvalue weighted by Crippen LogP contribution is 2.41. The van der Waals surface area contributed by atoms with Gasteiger partial charge in [-0.2, -0.15) is 0 Å². The first-order valence-corrected chi connectivity index (χ1v) is 11.0. The molecule has 2 N–H and O–H groups in total. The molecule has 0 aliphatic carbocycles. The highest BCUT2D eigenvalue weighted by atomic mass is 35.5. The van der Waals surface area contributed by atoms with Gasteiger partial charge in [0.25, 0.3) is 11.7 Å². The van der Waals surface area contributed by atoms with E-state index in [0.717, 1.165) is 19.6 Å². The summed E-state index contributed by atoms with van der Waals surface area (Å²) in [6.07, 6.45) is 0.674. The van der Waals surface area contributed by atoms with Crippen molar-refractivity contribution >= 4 is 29.1 Å². The number of phenols is 1. The maximum Gasteiger partial charge on any atom is 0.295 e. The van der Waals surface area contributed by atoms with E-state index in [1.54, 1.807) is 36.4 Å². The quantitative estimate of drug-likeness (QED) is 0.394. The average molecular weight is 457 g/mol. The number of likely N-dealkylation sites (tertiary alicyclic amines) is 1. The van der Waals surface area contributed by atoms with E-state index in [9.17, 15) is 19.8 Å². The first-order chi connectivity index (χ1) is 15.5. The molecular weight excluding hydrogens is 432 g/mol. The van der Waals surface area contributed by atoms with E-state index in [2.05, 4.69) is 4.90 Å². The number of ketones is 1. The maximum atomic E-state index is 13.0. The molecule has 4 rings (SSSR count). The normalized spacial score (nSPS) is 21.3. The molecule has 0 saturated carbocycles. The Morgan fingerprint density at radius 2 is 1.72 bits per heavy atom. The van der Waals surface area contributed by atoms with Crippen LogP contribution in [0.1, 0.15) is 23.6 Å². The lowest BCUT2D eigenvalue weighted by Crippen LogP contribution is -2.38. The van der Waals surface area contributed by atoms with Crippen molar-refractivity contribution in [2.45, 2.75) is 12.5 Å². The molecule has 8 heteroatoms. The van der Waals surface area contributed by atoms with Crippen molar-refractivity contribution in [3.63, 3.8) is 0 Å². The second-order valence-electron chi connectivity index (χ2n) is 7.87. The van der Waals surface area contributed by atoms with E-state index >= 15 is 0 Å².